The first kappa shape index (κ1) is 19.4. The van der Waals surface area contributed by atoms with Gasteiger partial charge in [-0.1, -0.05) is 20.8 Å². The van der Waals surface area contributed by atoms with Crippen LogP contribution in [0.3, 0.4) is 0 Å². The van der Waals surface area contributed by atoms with E-state index >= 15 is 0 Å². The van der Waals surface area contributed by atoms with Crippen LogP contribution in [0.1, 0.15) is 41.5 Å². The molecule has 1 atom stereocenters. The quantitative estimate of drug-likeness (QED) is 0.766. The van der Waals surface area contributed by atoms with E-state index in [0.717, 1.165) is 0 Å². The van der Waals surface area contributed by atoms with Crippen molar-refractivity contribution in [1.29, 1.82) is 0 Å². The first-order valence-electron chi connectivity index (χ1n) is 7.13. The molecule has 1 amide bonds. The summed E-state index contributed by atoms with van der Waals surface area (Å²) in [4.78, 5) is 11.6. The predicted octanol–water partition coefficient (Wildman–Crippen LogP) is 2.86. The number of nitrogens with two attached hydrogens (primary N) is 1. The first-order valence-corrected chi connectivity index (χ1v) is 10.0. The molecule has 0 saturated heterocycles. The number of alkyl carbamates (subject to hydrolysis) is 1. The van der Waals surface area contributed by atoms with Crippen molar-refractivity contribution in [1.82, 2.24) is 5.32 Å². The number of nitrogens with one attached hydrogen (secondary N) is 1. The van der Waals surface area contributed by atoms with Crippen molar-refractivity contribution in [2.24, 2.45) is 5.73 Å². The predicted molar refractivity (Wildman–Crippen MR) is 85.4 cm³/mol. The van der Waals surface area contributed by atoms with E-state index in [1.165, 1.54) is 0 Å². The van der Waals surface area contributed by atoms with Crippen molar-refractivity contribution in [3.05, 3.63) is 0 Å². The standard InChI is InChI=1S/C14H32N2O3Si/c1-13(2,3)18-12(17)16-10-11(9-15)19-20(7,8)14(4,5)6/h11H,9-10,15H2,1-8H3,(H,16,17). The van der Waals surface area contributed by atoms with Crippen LogP contribution >= 0.6 is 0 Å². The van der Waals surface area contributed by atoms with Gasteiger partial charge in [-0.15, -0.1) is 0 Å². The summed E-state index contributed by atoms with van der Waals surface area (Å²) in [6.45, 7) is 17.1. The minimum absolute atomic E-state index is 0.117. The average Bonchev–Trinajstić information content (AvgIpc) is 2.19. The van der Waals surface area contributed by atoms with Crippen molar-refractivity contribution >= 4 is 14.4 Å². The number of hydrogen-bond acceptors (Lipinski definition) is 4. The zero-order chi connectivity index (χ0) is 16.2. The monoisotopic (exact) mass is 304 g/mol. The SMILES string of the molecule is CC(C)(C)OC(=O)NCC(CN)O[Si](C)(C)C(C)(C)C. The first-order chi connectivity index (χ1) is 8.78. The second-order valence-electron chi connectivity index (χ2n) is 7.62. The van der Waals surface area contributed by atoms with Crippen molar-refractivity contribution < 1.29 is 14.0 Å². The van der Waals surface area contributed by atoms with E-state index in [1.807, 2.05) is 20.8 Å². The van der Waals surface area contributed by atoms with Crippen LogP contribution in [-0.2, 0) is 9.16 Å². The summed E-state index contributed by atoms with van der Waals surface area (Å²) in [5.41, 5.74) is 5.24. The van der Waals surface area contributed by atoms with Gasteiger partial charge >= 0.3 is 6.09 Å². The van der Waals surface area contributed by atoms with Gasteiger partial charge in [0.1, 0.15) is 5.60 Å². The highest BCUT2D eigenvalue weighted by molar-refractivity contribution is 6.74. The molecule has 0 saturated carbocycles. The van der Waals surface area contributed by atoms with E-state index in [0.29, 0.717) is 13.1 Å². The van der Waals surface area contributed by atoms with Gasteiger partial charge in [0.2, 0.25) is 0 Å². The fourth-order valence-electron chi connectivity index (χ4n) is 1.28. The van der Waals surface area contributed by atoms with Crippen molar-refractivity contribution in [3.63, 3.8) is 0 Å². The Morgan fingerprint density at radius 3 is 2.05 bits per heavy atom. The highest BCUT2D eigenvalue weighted by Crippen LogP contribution is 2.37. The smallest absolute Gasteiger partial charge is 0.407 e. The van der Waals surface area contributed by atoms with E-state index in [-0.39, 0.29) is 11.1 Å². The summed E-state index contributed by atoms with van der Waals surface area (Å²) < 4.78 is 11.4. The molecular weight excluding hydrogens is 272 g/mol. The lowest BCUT2D eigenvalue weighted by Crippen LogP contribution is -2.49. The zero-order valence-electron chi connectivity index (χ0n) is 14.3. The van der Waals surface area contributed by atoms with Gasteiger partial charge < -0.3 is 20.2 Å². The van der Waals surface area contributed by atoms with Gasteiger partial charge in [-0.05, 0) is 38.9 Å². The largest absolute Gasteiger partial charge is 0.444 e. The Labute approximate surface area is 124 Å². The molecule has 0 aliphatic heterocycles. The number of hydrogen-bond donors (Lipinski definition) is 2. The third-order valence-corrected chi connectivity index (χ3v) is 7.94. The van der Waals surface area contributed by atoms with Gasteiger partial charge in [-0.3, -0.25) is 0 Å². The van der Waals surface area contributed by atoms with Crippen molar-refractivity contribution in [2.75, 3.05) is 13.1 Å². The van der Waals surface area contributed by atoms with Crippen LogP contribution in [0.25, 0.3) is 0 Å². The maximum atomic E-state index is 11.6. The molecule has 0 fully saturated rings. The molecule has 0 spiro atoms. The molecule has 6 heteroatoms. The lowest BCUT2D eigenvalue weighted by Gasteiger charge is -2.39. The Kier molecular flexibility index (Phi) is 6.71. The third kappa shape index (κ3) is 7.26. The van der Waals surface area contributed by atoms with E-state index in [2.05, 4.69) is 39.2 Å². The number of carbonyl (C=O) groups is 1. The summed E-state index contributed by atoms with van der Waals surface area (Å²) >= 11 is 0. The minimum Gasteiger partial charge on any atom is -0.444 e. The van der Waals surface area contributed by atoms with Gasteiger partial charge in [0.05, 0.1) is 6.10 Å². The molecule has 0 heterocycles. The van der Waals surface area contributed by atoms with Crippen LogP contribution in [0.5, 0.6) is 0 Å². The molecule has 0 aliphatic rings. The molecule has 0 aromatic carbocycles. The van der Waals surface area contributed by atoms with Gasteiger partial charge in [0.15, 0.2) is 8.32 Å². The van der Waals surface area contributed by atoms with Gasteiger partial charge in [-0.2, -0.15) is 0 Å². The Hall–Kier alpha value is -0.593. The number of rotatable bonds is 5. The molecule has 0 aromatic heterocycles. The summed E-state index contributed by atoms with van der Waals surface area (Å²) in [5, 5.41) is 2.84. The molecule has 5 nitrogen and oxygen atoms in total. The molecule has 0 bridgehead atoms. The summed E-state index contributed by atoms with van der Waals surface area (Å²) in [7, 11) is -1.88. The fraction of sp³-hybridized carbons (Fsp3) is 0.929. The van der Waals surface area contributed by atoms with Crippen molar-refractivity contribution in [2.45, 2.75) is 71.4 Å². The van der Waals surface area contributed by atoms with E-state index < -0.39 is 20.0 Å². The average molecular weight is 305 g/mol. The molecule has 20 heavy (non-hydrogen) atoms. The molecule has 0 rings (SSSR count). The number of amides is 1. The van der Waals surface area contributed by atoms with Crippen LogP contribution in [0, 0.1) is 0 Å². The normalized spacial score (nSPS) is 14.8. The Balaban J connectivity index is 4.41. The molecule has 0 radical (unpaired) electrons. The molecule has 0 aliphatic carbocycles. The minimum atomic E-state index is -1.88. The van der Waals surface area contributed by atoms with Gasteiger partial charge in [0.25, 0.3) is 0 Å². The fourth-order valence-corrected chi connectivity index (χ4v) is 2.64. The number of ether oxygens (including phenoxy) is 1. The summed E-state index contributed by atoms with van der Waals surface area (Å²) in [5.74, 6) is 0. The molecule has 120 valence electrons. The highest BCUT2D eigenvalue weighted by Gasteiger charge is 2.39. The zero-order valence-corrected chi connectivity index (χ0v) is 15.3. The highest BCUT2D eigenvalue weighted by atomic mass is 28.4. The lowest BCUT2D eigenvalue weighted by atomic mass is 10.2. The lowest BCUT2D eigenvalue weighted by molar-refractivity contribution is 0.0499. The topological polar surface area (TPSA) is 73.6 Å². The van der Waals surface area contributed by atoms with Crippen LogP contribution in [0.4, 0.5) is 4.79 Å². The summed E-state index contributed by atoms with van der Waals surface area (Å²) in [6.07, 6.45) is -0.613. The van der Waals surface area contributed by atoms with Crippen LogP contribution in [-0.4, -0.2) is 39.2 Å². The van der Waals surface area contributed by atoms with Crippen LogP contribution in [0.2, 0.25) is 18.1 Å². The van der Waals surface area contributed by atoms with Gasteiger partial charge in [-0.25, -0.2) is 4.79 Å². The van der Waals surface area contributed by atoms with E-state index in [9.17, 15) is 4.79 Å². The van der Waals surface area contributed by atoms with Gasteiger partial charge in [0, 0.05) is 13.1 Å². The molecular formula is C14H32N2O3Si. The van der Waals surface area contributed by atoms with E-state index in [4.69, 9.17) is 14.9 Å². The van der Waals surface area contributed by atoms with Crippen LogP contribution in [0.15, 0.2) is 0 Å². The van der Waals surface area contributed by atoms with Crippen LogP contribution < -0.4 is 11.1 Å². The molecule has 3 N–H and O–H groups in total. The van der Waals surface area contributed by atoms with E-state index in [1.54, 1.807) is 0 Å². The molecule has 1 unspecified atom stereocenters. The number of carbonyl (C=O) groups excluding carboxylic acids is 1. The Bertz CT molecular complexity index is 319. The Morgan fingerprint density at radius 2 is 1.70 bits per heavy atom. The maximum absolute atomic E-state index is 11.6. The second-order valence-corrected chi connectivity index (χ2v) is 12.4. The Morgan fingerprint density at radius 1 is 1.20 bits per heavy atom. The second kappa shape index (κ2) is 6.91. The summed E-state index contributed by atoms with van der Waals surface area (Å²) in [6, 6.07) is 0. The van der Waals surface area contributed by atoms with Crippen molar-refractivity contribution in [3.8, 4) is 0 Å². The maximum Gasteiger partial charge on any atom is 0.407 e. The molecule has 0 aromatic rings. The third-order valence-electron chi connectivity index (χ3n) is 3.40.